The van der Waals surface area contributed by atoms with Crippen molar-refractivity contribution in [3.05, 3.63) is 65.2 Å². The van der Waals surface area contributed by atoms with Gasteiger partial charge in [-0.05, 0) is 43.3 Å². The second-order valence-electron chi connectivity index (χ2n) is 4.97. The minimum absolute atomic E-state index is 0.249. The lowest BCUT2D eigenvalue weighted by Gasteiger charge is -2.13. The zero-order valence-electron chi connectivity index (χ0n) is 12.9. The fourth-order valence-electron chi connectivity index (χ4n) is 1.85. The summed E-state index contributed by atoms with van der Waals surface area (Å²) in [5, 5.41) is 11.3. The Morgan fingerprint density at radius 1 is 1.12 bits per heavy atom. The average molecular weight is 322 g/mol. The molecule has 1 amide bonds. The number of nitriles is 1. The van der Waals surface area contributed by atoms with Crippen molar-refractivity contribution in [1.82, 2.24) is 0 Å². The van der Waals surface area contributed by atoms with Crippen LogP contribution in [0.1, 0.15) is 33.2 Å². The third-order valence-electron chi connectivity index (χ3n) is 3.22. The Balaban J connectivity index is 1.95. The lowest BCUT2D eigenvalue weighted by atomic mass is 10.1. The molecule has 6 nitrogen and oxygen atoms in total. The maximum Gasteiger partial charge on any atom is 0.338 e. The van der Waals surface area contributed by atoms with Gasteiger partial charge in [0.1, 0.15) is 6.29 Å². The van der Waals surface area contributed by atoms with Crippen molar-refractivity contribution < 1.29 is 19.1 Å². The molecule has 2 aromatic carbocycles. The molecular formula is C18H14N2O4. The number of benzene rings is 2. The molecule has 0 heterocycles. The fraction of sp³-hybridized carbons (Fsp3) is 0.111. The van der Waals surface area contributed by atoms with Gasteiger partial charge in [0, 0.05) is 11.3 Å². The van der Waals surface area contributed by atoms with E-state index in [9.17, 15) is 14.4 Å². The summed E-state index contributed by atoms with van der Waals surface area (Å²) in [5.41, 5.74) is 1.67. The summed E-state index contributed by atoms with van der Waals surface area (Å²) in [7, 11) is 0. The fourth-order valence-corrected chi connectivity index (χ4v) is 1.85. The van der Waals surface area contributed by atoms with Gasteiger partial charge in [-0.3, -0.25) is 9.59 Å². The maximum absolute atomic E-state index is 12.0. The first-order chi connectivity index (χ1) is 11.5. The number of ether oxygens (including phenoxy) is 1. The molecule has 0 bridgehead atoms. The van der Waals surface area contributed by atoms with Gasteiger partial charge in [0.25, 0.3) is 5.91 Å². The molecule has 0 aromatic heterocycles. The second-order valence-corrected chi connectivity index (χ2v) is 4.97. The quantitative estimate of drug-likeness (QED) is 0.674. The standard InChI is InChI=1S/C18H14N2O4/c1-12(17(22)20-16-8-4-13(10-19)5-9-16)24-18(23)15-6-2-14(11-21)3-7-15/h2-9,11-12H,1H3,(H,20,22)/t12-/m0/s1. The van der Waals surface area contributed by atoms with E-state index in [-0.39, 0.29) is 5.56 Å². The highest BCUT2D eigenvalue weighted by atomic mass is 16.5. The molecule has 24 heavy (non-hydrogen) atoms. The van der Waals surface area contributed by atoms with Gasteiger partial charge < -0.3 is 10.1 Å². The number of amides is 1. The molecule has 2 rings (SSSR count). The van der Waals surface area contributed by atoms with Crippen molar-refractivity contribution in [2.24, 2.45) is 0 Å². The van der Waals surface area contributed by atoms with E-state index >= 15 is 0 Å². The van der Waals surface area contributed by atoms with Crippen molar-refractivity contribution in [1.29, 1.82) is 5.26 Å². The van der Waals surface area contributed by atoms with Gasteiger partial charge in [-0.1, -0.05) is 12.1 Å². The van der Waals surface area contributed by atoms with E-state index in [4.69, 9.17) is 10.00 Å². The molecular weight excluding hydrogens is 308 g/mol. The summed E-state index contributed by atoms with van der Waals surface area (Å²) >= 11 is 0. The number of esters is 1. The van der Waals surface area contributed by atoms with Gasteiger partial charge in [-0.25, -0.2) is 4.79 Å². The third-order valence-corrected chi connectivity index (χ3v) is 3.22. The zero-order chi connectivity index (χ0) is 17.5. The Bertz CT molecular complexity index is 789. The third kappa shape index (κ3) is 4.27. The molecule has 0 aliphatic heterocycles. The monoisotopic (exact) mass is 322 g/mol. The summed E-state index contributed by atoms with van der Waals surface area (Å²) in [5.74, 6) is -1.15. The SMILES string of the molecule is C[C@H](OC(=O)c1ccc(C=O)cc1)C(=O)Nc1ccc(C#N)cc1. The van der Waals surface area contributed by atoms with Crippen LogP contribution in [0.15, 0.2) is 48.5 Å². The molecule has 120 valence electrons. The van der Waals surface area contributed by atoms with Crippen LogP contribution in [0.2, 0.25) is 0 Å². The number of carbonyl (C=O) groups excluding carboxylic acids is 3. The summed E-state index contributed by atoms with van der Waals surface area (Å²) in [6.07, 6.45) is -0.332. The Morgan fingerprint density at radius 3 is 2.29 bits per heavy atom. The molecule has 2 aromatic rings. The Labute approximate surface area is 138 Å². The molecule has 0 aliphatic carbocycles. The van der Waals surface area contributed by atoms with E-state index in [1.807, 2.05) is 6.07 Å². The molecule has 0 spiro atoms. The van der Waals surface area contributed by atoms with Crippen LogP contribution in [0.5, 0.6) is 0 Å². The van der Waals surface area contributed by atoms with E-state index in [0.29, 0.717) is 23.1 Å². The molecule has 0 radical (unpaired) electrons. The Hall–Kier alpha value is -3.46. The predicted octanol–water partition coefficient (Wildman–Crippen LogP) is 2.55. The minimum atomic E-state index is -1.00. The van der Waals surface area contributed by atoms with Crippen LogP contribution in [-0.4, -0.2) is 24.3 Å². The van der Waals surface area contributed by atoms with E-state index in [2.05, 4.69) is 5.32 Å². The van der Waals surface area contributed by atoms with Gasteiger partial charge in [-0.2, -0.15) is 5.26 Å². The van der Waals surface area contributed by atoms with Crippen molar-refractivity contribution in [3.8, 4) is 6.07 Å². The van der Waals surface area contributed by atoms with Crippen molar-refractivity contribution in [2.45, 2.75) is 13.0 Å². The smallest absolute Gasteiger partial charge is 0.338 e. The summed E-state index contributed by atoms with van der Waals surface area (Å²) in [4.78, 5) is 34.6. The highest BCUT2D eigenvalue weighted by Crippen LogP contribution is 2.11. The van der Waals surface area contributed by atoms with Crippen LogP contribution in [0.25, 0.3) is 0 Å². The van der Waals surface area contributed by atoms with Crippen molar-refractivity contribution in [3.63, 3.8) is 0 Å². The molecule has 1 atom stereocenters. The lowest BCUT2D eigenvalue weighted by molar-refractivity contribution is -0.123. The van der Waals surface area contributed by atoms with E-state index in [1.54, 1.807) is 24.3 Å². The number of rotatable bonds is 5. The summed E-state index contributed by atoms with van der Waals surface area (Å²) < 4.78 is 5.10. The Morgan fingerprint density at radius 2 is 1.75 bits per heavy atom. The minimum Gasteiger partial charge on any atom is -0.449 e. The van der Waals surface area contributed by atoms with Gasteiger partial charge >= 0.3 is 5.97 Å². The normalized spacial score (nSPS) is 11.0. The van der Waals surface area contributed by atoms with Crippen LogP contribution in [0, 0.1) is 11.3 Å². The molecule has 0 unspecified atom stereocenters. The second kappa shape index (κ2) is 7.70. The van der Waals surface area contributed by atoms with Crippen LogP contribution in [0.4, 0.5) is 5.69 Å². The Kier molecular flexibility index (Phi) is 5.42. The van der Waals surface area contributed by atoms with Gasteiger partial charge in [-0.15, -0.1) is 0 Å². The largest absolute Gasteiger partial charge is 0.449 e. The maximum atomic E-state index is 12.0. The van der Waals surface area contributed by atoms with Crippen molar-refractivity contribution in [2.75, 3.05) is 5.32 Å². The highest BCUT2D eigenvalue weighted by Gasteiger charge is 2.19. The molecule has 0 saturated heterocycles. The van der Waals surface area contributed by atoms with Crippen molar-refractivity contribution >= 4 is 23.9 Å². The summed E-state index contributed by atoms with van der Waals surface area (Å²) in [6, 6.07) is 14.2. The number of carbonyl (C=O) groups is 3. The predicted molar refractivity (Wildman–Crippen MR) is 86.5 cm³/mol. The van der Waals surface area contributed by atoms with Crippen LogP contribution in [0.3, 0.4) is 0 Å². The topological polar surface area (TPSA) is 96.3 Å². The number of hydrogen-bond donors (Lipinski definition) is 1. The number of anilines is 1. The first-order valence-corrected chi connectivity index (χ1v) is 7.10. The summed E-state index contributed by atoms with van der Waals surface area (Å²) in [6.45, 7) is 1.46. The molecule has 0 fully saturated rings. The highest BCUT2D eigenvalue weighted by molar-refractivity contribution is 5.97. The van der Waals surface area contributed by atoms with Crippen LogP contribution in [-0.2, 0) is 9.53 Å². The first kappa shape index (κ1) is 16.9. The molecule has 1 N–H and O–H groups in total. The number of nitrogens with one attached hydrogen (secondary N) is 1. The number of nitrogens with zero attached hydrogens (tertiary/aromatic N) is 1. The number of hydrogen-bond acceptors (Lipinski definition) is 5. The average Bonchev–Trinajstić information content (AvgIpc) is 2.62. The molecule has 0 aliphatic rings. The van der Waals surface area contributed by atoms with E-state index in [1.165, 1.54) is 31.2 Å². The van der Waals surface area contributed by atoms with E-state index < -0.39 is 18.0 Å². The zero-order valence-corrected chi connectivity index (χ0v) is 12.9. The van der Waals surface area contributed by atoms with Gasteiger partial charge in [0.15, 0.2) is 6.10 Å². The lowest BCUT2D eigenvalue weighted by Crippen LogP contribution is -2.30. The molecule has 6 heteroatoms. The molecule has 0 saturated carbocycles. The first-order valence-electron chi connectivity index (χ1n) is 7.10. The van der Waals surface area contributed by atoms with E-state index in [0.717, 1.165) is 0 Å². The van der Waals surface area contributed by atoms with Gasteiger partial charge in [0.05, 0.1) is 17.2 Å². The van der Waals surface area contributed by atoms with Crippen LogP contribution < -0.4 is 5.32 Å². The van der Waals surface area contributed by atoms with Crippen LogP contribution >= 0.6 is 0 Å². The number of aldehydes is 1. The van der Waals surface area contributed by atoms with Gasteiger partial charge in [0.2, 0.25) is 0 Å².